The summed E-state index contributed by atoms with van der Waals surface area (Å²) in [5, 5.41) is 19.5. The van der Waals surface area contributed by atoms with E-state index in [2.05, 4.69) is 5.32 Å². The van der Waals surface area contributed by atoms with Crippen LogP contribution in [0.1, 0.15) is 39.0 Å². The Morgan fingerprint density at radius 3 is 2.25 bits per heavy atom. The number of carboxylic acid groups (broad SMARTS) is 2. The number of carbonyl (C=O) groups excluding carboxylic acids is 1. The topological polar surface area (TPSA) is 104 Å². The van der Waals surface area contributed by atoms with Gasteiger partial charge in [-0.1, -0.05) is 19.8 Å². The molecule has 0 spiro atoms. The quantitative estimate of drug-likeness (QED) is 0.567. The van der Waals surface area contributed by atoms with Crippen LogP contribution in [-0.4, -0.2) is 34.1 Å². The summed E-state index contributed by atoms with van der Waals surface area (Å²) in [6.45, 7) is 1.92. The molecule has 1 atom stereocenters. The van der Waals surface area contributed by atoms with Gasteiger partial charge in [0.15, 0.2) is 0 Å². The van der Waals surface area contributed by atoms with Crippen LogP contribution in [0.15, 0.2) is 0 Å². The normalized spacial score (nSPS) is 11.8. The van der Waals surface area contributed by atoms with Gasteiger partial charge < -0.3 is 15.5 Å². The summed E-state index contributed by atoms with van der Waals surface area (Å²) in [5.74, 6) is -2.70. The fraction of sp³-hybridized carbons (Fsp3) is 0.700. The van der Waals surface area contributed by atoms with Crippen molar-refractivity contribution in [3.05, 3.63) is 0 Å². The van der Waals surface area contributed by atoms with Gasteiger partial charge in [0.1, 0.15) is 6.04 Å². The SMILES string of the molecule is CCCC[C@@H](NC(=O)CCC(=O)O)C(=O)O. The van der Waals surface area contributed by atoms with Crippen LogP contribution in [0.25, 0.3) is 0 Å². The van der Waals surface area contributed by atoms with Crippen LogP contribution in [0, 0.1) is 0 Å². The van der Waals surface area contributed by atoms with Crippen LogP contribution in [0.2, 0.25) is 0 Å². The van der Waals surface area contributed by atoms with Crippen molar-refractivity contribution in [3.8, 4) is 0 Å². The Bertz CT molecular complexity index is 264. The molecular weight excluding hydrogens is 214 g/mol. The maximum absolute atomic E-state index is 11.2. The highest BCUT2D eigenvalue weighted by Gasteiger charge is 2.19. The van der Waals surface area contributed by atoms with Crippen LogP contribution in [0.5, 0.6) is 0 Å². The lowest BCUT2D eigenvalue weighted by Crippen LogP contribution is -2.40. The van der Waals surface area contributed by atoms with Crippen molar-refractivity contribution in [2.45, 2.75) is 45.1 Å². The van der Waals surface area contributed by atoms with E-state index in [1.54, 1.807) is 0 Å². The number of hydrogen-bond acceptors (Lipinski definition) is 3. The Hall–Kier alpha value is -1.59. The van der Waals surface area contributed by atoms with Crippen molar-refractivity contribution < 1.29 is 24.6 Å². The van der Waals surface area contributed by atoms with E-state index in [0.717, 1.165) is 6.42 Å². The first-order chi connectivity index (χ1) is 7.47. The molecule has 0 fully saturated rings. The third-order valence-corrected chi connectivity index (χ3v) is 2.05. The van der Waals surface area contributed by atoms with Gasteiger partial charge in [0.25, 0.3) is 0 Å². The fourth-order valence-electron chi connectivity index (χ4n) is 1.15. The molecule has 0 heterocycles. The molecule has 92 valence electrons. The van der Waals surface area contributed by atoms with E-state index in [1.807, 2.05) is 6.92 Å². The van der Waals surface area contributed by atoms with Crippen molar-refractivity contribution in [3.63, 3.8) is 0 Å². The number of aliphatic carboxylic acids is 2. The number of nitrogens with one attached hydrogen (secondary N) is 1. The summed E-state index contributed by atoms with van der Waals surface area (Å²) >= 11 is 0. The van der Waals surface area contributed by atoms with Crippen molar-refractivity contribution in [1.29, 1.82) is 0 Å². The van der Waals surface area contributed by atoms with E-state index in [0.29, 0.717) is 12.8 Å². The number of carboxylic acids is 2. The average molecular weight is 231 g/mol. The third kappa shape index (κ3) is 6.80. The van der Waals surface area contributed by atoms with E-state index in [1.165, 1.54) is 0 Å². The summed E-state index contributed by atoms with van der Waals surface area (Å²) in [5.41, 5.74) is 0. The minimum Gasteiger partial charge on any atom is -0.481 e. The van der Waals surface area contributed by atoms with Crippen molar-refractivity contribution in [2.24, 2.45) is 0 Å². The Morgan fingerprint density at radius 2 is 1.81 bits per heavy atom. The predicted octanol–water partition coefficient (Wildman–Crippen LogP) is 0.611. The monoisotopic (exact) mass is 231 g/mol. The van der Waals surface area contributed by atoms with Gasteiger partial charge in [0.2, 0.25) is 5.91 Å². The minimum atomic E-state index is -1.09. The van der Waals surface area contributed by atoms with E-state index in [4.69, 9.17) is 10.2 Å². The van der Waals surface area contributed by atoms with Crippen LogP contribution >= 0.6 is 0 Å². The lowest BCUT2D eigenvalue weighted by atomic mass is 10.1. The van der Waals surface area contributed by atoms with E-state index < -0.39 is 23.9 Å². The summed E-state index contributed by atoms with van der Waals surface area (Å²) in [6, 6.07) is -0.916. The highest BCUT2D eigenvalue weighted by atomic mass is 16.4. The van der Waals surface area contributed by atoms with Crippen LogP contribution in [-0.2, 0) is 14.4 Å². The van der Waals surface area contributed by atoms with Gasteiger partial charge >= 0.3 is 11.9 Å². The van der Waals surface area contributed by atoms with Gasteiger partial charge in [-0.3, -0.25) is 9.59 Å². The Balaban J connectivity index is 4.02. The zero-order chi connectivity index (χ0) is 12.6. The van der Waals surface area contributed by atoms with Gasteiger partial charge in [-0.15, -0.1) is 0 Å². The predicted molar refractivity (Wildman–Crippen MR) is 56.0 cm³/mol. The lowest BCUT2D eigenvalue weighted by Gasteiger charge is -2.13. The number of rotatable bonds is 8. The molecule has 0 radical (unpaired) electrons. The highest BCUT2D eigenvalue weighted by Crippen LogP contribution is 2.01. The second-order valence-electron chi connectivity index (χ2n) is 3.49. The zero-order valence-electron chi connectivity index (χ0n) is 9.23. The smallest absolute Gasteiger partial charge is 0.326 e. The molecule has 16 heavy (non-hydrogen) atoms. The van der Waals surface area contributed by atoms with Crippen LogP contribution < -0.4 is 5.32 Å². The van der Waals surface area contributed by atoms with Crippen LogP contribution in [0.3, 0.4) is 0 Å². The van der Waals surface area contributed by atoms with Crippen molar-refractivity contribution in [2.75, 3.05) is 0 Å². The molecule has 1 amide bonds. The maximum atomic E-state index is 11.2. The molecule has 0 aromatic carbocycles. The second kappa shape index (κ2) is 7.67. The fourth-order valence-corrected chi connectivity index (χ4v) is 1.15. The number of amides is 1. The lowest BCUT2D eigenvalue weighted by molar-refractivity contribution is -0.142. The number of carbonyl (C=O) groups is 3. The zero-order valence-corrected chi connectivity index (χ0v) is 9.23. The second-order valence-corrected chi connectivity index (χ2v) is 3.49. The Labute approximate surface area is 93.6 Å². The van der Waals surface area contributed by atoms with Gasteiger partial charge in [-0.25, -0.2) is 4.79 Å². The minimum absolute atomic E-state index is 0.189. The molecule has 0 saturated carbocycles. The molecule has 0 bridgehead atoms. The average Bonchev–Trinajstić information content (AvgIpc) is 2.20. The molecule has 6 heteroatoms. The standard InChI is InChI=1S/C10H17NO5/c1-2-3-4-7(10(15)16)11-8(12)5-6-9(13)14/h7H,2-6H2,1H3,(H,11,12)(H,13,14)(H,15,16)/t7-/m1/s1. The van der Waals surface area contributed by atoms with E-state index in [9.17, 15) is 14.4 Å². The molecule has 0 saturated heterocycles. The van der Waals surface area contributed by atoms with E-state index in [-0.39, 0.29) is 12.8 Å². The molecule has 0 unspecified atom stereocenters. The highest BCUT2D eigenvalue weighted by molar-refractivity contribution is 5.85. The third-order valence-electron chi connectivity index (χ3n) is 2.05. The van der Waals surface area contributed by atoms with Crippen LogP contribution in [0.4, 0.5) is 0 Å². The maximum Gasteiger partial charge on any atom is 0.326 e. The van der Waals surface area contributed by atoms with Gasteiger partial charge in [-0.05, 0) is 6.42 Å². The number of unbranched alkanes of at least 4 members (excludes halogenated alkanes) is 1. The molecule has 0 aromatic heterocycles. The molecule has 0 aromatic rings. The summed E-state index contributed by atoms with van der Waals surface area (Å²) in [7, 11) is 0. The molecule has 6 nitrogen and oxygen atoms in total. The molecule has 0 aliphatic carbocycles. The molecular formula is C10H17NO5. The Morgan fingerprint density at radius 1 is 1.19 bits per heavy atom. The van der Waals surface area contributed by atoms with Crippen molar-refractivity contribution in [1.82, 2.24) is 5.32 Å². The van der Waals surface area contributed by atoms with E-state index >= 15 is 0 Å². The molecule has 0 aliphatic heterocycles. The molecule has 3 N–H and O–H groups in total. The first-order valence-corrected chi connectivity index (χ1v) is 5.21. The summed E-state index contributed by atoms with van der Waals surface area (Å²) < 4.78 is 0. The number of hydrogen-bond donors (Lipinski definition) is 3. The summed E-state index contributed by atoms with van der Waals surface area (Å²) in [4.78, 5) is 32.1. The van der Waals surface area contributed by atoms with Gasteiger partial charge in [0, 0.05) is 6.42 Å². The molecule has 0 aliphatic rings. The van der Waals surface area contributed by atoms with Crippen molar-refractivity contribution >= 4 is 17.8 Å². The largest absolute Gasteiger partial charge is 0.481 e. The van der Waals surface area contributed by atoms with Gasteiger partial charge in [-0.2, -0.15) is 0 Å². The Kier molecular flexibility index (Phi) is 6.91. The first-order valence-electron chi connectivity index (χ1n) is 5.21. The van der Waals surface area contributed by atoms with Gasteiger partial charge in [0.05, 0.1) is 6.42 Å². The molecule has 0 rings (SSSR count). The first kappa shape index (κ1) is 14.4. The summed E-state index contributed by atoms with van der Waals surface area (Å²) in [6.07, 6.45) is 1.44.